The fraction of sp³-hybridized carbons (Fsp3) is 1.00. The normalized spacial score (nSPS) is 14.7. The third-order valence-corrected chi connectivity index (χ3v) is 4.12. The van der Waals surface area contributed by atoms with Crippen LogP contribution in [0.1, 0.15) is 53.4 Å². The molecule has 0 amide bonds. The van der Waals surface area contributed by atoms with Gasteiger partial charge in [0.1, 0.15) is 0 Å². The van der Waals surface area contributed by atoms with Gasteiger partial charge in [0, 0.05) is 38.4 Å². The van der Waals surface area contributed by atoms with E-state index in [2.05, 4.69) is 18.7 Å². The molecule has 0 bridgehead atoms. The number of rotatable bonds is 14. The second-order valence-electron chi connectivity index (χ2n) is 5.27. The van der Waals surface area contributed by atoms with Crippen LogP contribution < -0.4 is 5.73 Å². The van der Waals surface area contributed by atoms with Gasteiger partial charge in [-0.05, 0) is 26.7 Å². The summed E-state index contributed by atoms with van der Waals surface area (Å²) in [6, 6.07) is 0. The Morgan fingerprint density at radius 1 is 0.950 bits per heavy atom. The Bertz CT molecular complexity index is 199. The molecule has 0 saturated heterocycles. The molecule has 4 nitrogen and oxygen atoms in total. The summed E-state index contributed by atoms with van der Waals surface area (Å²) in [5.74, 6) is 0. The van der Waals surface area contributed by atoms with Crippen LogP contribution in [-0.2, 0) is 9.47 Å². The second-order valence-corrected chi connectivity index (χ2v) is 5.27. The van der Waals surface area contributed by atoms with Crippen molar-refractivity contribution < 1.29 is 9.47 Å². The zero-order valence-corrected chi connectivity index (χ0v) is 14.1. The second kappa shape index (κ2) is 12.6. The van der Waals surface area contributed by atoms with Crippen molar-refractivity contribution in [1.82, 2.24) is 4.90 Å². The summed E-state index contributed by atoms with van der Waals surface area (Å²) in [7, 11) is 0. The van der Waals surface area contributed by atoms with Crippen LogP contribution in [0.5, 0.6) is 0 Å². The Kier molecular flexibility index (Phi) is 12.5. The highest BCUT2D eigenvalue weighted by atomic mass is 16.5. The summed E-state index contributed by atoms with van der Waals surface area (Å²) < 4.78 is 11.1. The van der Waals surface area contributed by atoms with E-state index >= 15 is 0 Å². The van der Waals surface area contributed by atoms with Gasteiger partial charge in [0.15, 0.2) is 0 Å². The van der Waals surface area contributed by atoms with Gasteiger partial charge in [-0.2, -0.15) is 0 Å². The van der Waals surface area contributed by atoms with Crippen LogP contribution in [0.4, 0.5) is 0 Å². The van der Waals surface area contributed by atoms with E-state index in [1.165, 1.54) is 12.8 Å². The van der Waals surface area contributed by atoms with E-state index in [4.69, 9.17) is 15.2 Å². The third-order valence-electron chi connectivity index (χ3n) is 4.12. The summed E-state index contributed by atoms with van der Waals surface area (Å²) in [5.41, 5.74) is 6.25. The zero-order valence-electron chi connectivity index (χ0n) is 14.1. The molecule has 122 valence electrons. The maximum Gasteiger partial charge on any atom is 0.0593 e. The monoisotopic (exact) mass is 288 g/mol. The molecule has 1 atom stereocenters. The lowest BCUT2D eigenvalue weighted by Gasteiger charge is -2.43. The van der Waals surface area contributed by atoms with Gasteiger partial charge >= 0.3 is 0 Å². The Morgan fingerprint density at radius 2 is 1.50 bits per heavy atom. The number of hydrogen-bond acceptors (Lipinski definition) is 4. The molecule has 0 aromatic heterocycles. The molecule has 20 heavy (non-hydrogen) atoms. The average Bonchev–Trinajstić information content (AvgIpc) is 2.48. The maximum absolute atomic E-state index is 6.15. The van der Waals surface area contributed by atoms with Crippen LogP contribution >= 0.6 is 0 Å². The molecule has 0 aromatic rings. The number of hydrogen-bond donors (Lipinski definition) is 1. The zero-order chi connectivity index (χ0) is 15.3. The number of unbranched alkanes of at least 4 members (excludes halogenated alkanes) is 1. The predicted octanol–water partition coefficient (Wildman–Crippen LogP) is 2.66. The highest BCUT2D eigenvalue weighted by Crippen LogP contribution is 2.25. The van der Waals surface area contributed by atoms with Crippen LogP contribution in [0, 0.1) is 0 Å². The van der Waals surface area contributed by atoms with Gasteiger partial charge in [-0.1, -0.05) is 26.7 Å². The van der Waals surface area contributed by atoms with E-state index in [-0.39, 0.29) is 5.54 Å². The highest BCUT2D eigenvalue weighted by molar-refractivity contribution is 4.90. The van der Waals surface area contributed by atoms with Gasteiger partial charge < -0.3 is 15.2 Å². The standard InChI is InChI=1S/C16H36N2O2/c1-5-9-10-16(6-2,15-17)18(11-13-19-7-3)12-14-20-8-4/h5-15,17H2,1-4H3. The van der Waals surface area contributed by atoms with Crippen LogP contribution in [-0.4, -0.2) is 56.5 Å². The van der Waals surface area contributed by atoms with Gasteiger partial charge in [0.25, 0.3) is 0 Å². The molecule has 0 radical (unpaired) electrons. The number of nitrogens with zero attached hydrogens (tertiary/aromatic N) is 1. The topological polar surface area (TPSA) is 47.7 Å². The summed E-state index contributed by atoms with van der Waals surface area (Å²) >= 11 is 0. The van der Waals surface area contributed by atoms with Crippen LogP contribution in [0.15, 0.2) is 0 Å². The van der Waals surface area contributed by atoms with Gasteiger partial charge in [0.05, 0.1) is 13.2 Å². The van der Waals surface area contributed by atoms with Crippen molar-refractivity contribution >= 4 is 0 Å². The van der Waals surface area contributed by atoms with Gasteiger partial charge in [-0.15, -0.1) is 0 Å². The van der Waals surface area contributed by atoms with E-state index in [0.717, 1.165) is 52.4 Å². The van der Waals surface area contributed by atoms with E-state index < -0.39 is 0 Å². The summed E-state index contributed by atoms with van der Waals surface area (Å²) in [6.45, 7) is 14.2. The van der Waals surface area contributed by atoms with E-state index in [1.54, 1.807) is 0 Å². The lowest BCUT2D eigenvalue weighted by molar-refractivity contribution is 0.0151. The average molecular weight is 288 g/mol. The van der Waals surface area contributed by atoms with Gasteiger partial charge in [-0.25, -0.2) is 0 Å². The van der Waals surface area contributed by atoms with Crippen molar-refractivity contribution in [2.45, 2.75) is 58.9 Å². The van der Waals surface area contributed by atoms with E-state index in [9.17, 15) is 0 Å². The van der Waals surface area contributed by atoms with Crippen molar-refractivity contribution in [3.8, 4) is 0 Å². The van der Waals surface area contributed by atoms with Gasteiger partial charge in [0.2, 0.25) is 0 Å². The Labute approximate surface area is 126 Å². The Hall–Kier alpha value is -0.160. The number of nitrogens with two attached hydrogens (primary N) is 1. The largest absolute Gasteiger partial charge is 0.380 e. The molecule has 0 aromatic carbocycles. The first kappa shape index (κ1) is 19.8. The quantitative estimate of drug-likeness (QED) is 0.499. The lowest BCUT2D eigenvalue weighted by Crippen LogP contribution is -2.55. The Balaban J connectivity index is 4.68. The molecule has 0 rings (SSSR count). The highest BCUT2D eigenvalue weighted by Gasteiger charge is 2.32. The van der Waals surface area contributed by atoms with Crippen molar-refractivity contribution in [1.29, 1.82) is 0 Å². The number of ether oxygens (including phenoxy) is 2. The van der Waals surface area contributed by atoms with Crippen molar-refractivity contribution in [3.63, 3.8) is 0 Å². The molecule has 2 N–H and O–H groups in total. The minimum atomic E-state index is 0.101. The molecule has 1 unspecified atom stereocenters. The maximum atomic E-state index is 6.15. The molecule has 0 spiro atoms. The van der Waals surface area contributed by atoms with Crippen molar-refractivity contribution in [3.05, 3.63) is 0 Å². The summed E-state index contributed by atoms with van der Waals surface area (Å²) in [6.07, 6.45) is 4.69. The molecular weight excluding hydrogens is 252 g/mol. The minimum absolute atomic E-state index is 0.101. The molecule has 0 heterocycles. The summed E-state index contributed by atoms with van der Waals surface area (Å²) in [5, 5.41) is 0. The first-order valence-electron chi connectivity index (χ1n) is 8.31. The smallest absolute Gasteiger partial charge is 0.0593 e. The Morgan fingerprint density at radius 3 is 1.85 bits per heavy atom. The summed E-state index contributed by atoms with van der Waals surface area (Å²) in [4.78, 5) is 2.49. The molecule has 4 heteroatoms. The fourth-order valence-electron chi connectivity index (χ4n) is 2.66. The van der Waals surface area contributed by atoms with Gasteiger partial charge in [-0.3, -0.25) is 4.90 Å². The molecule has 0 aliphatic rings. The molecule has 0 aliphatic carbocycles. The van der Waals surface area contributed by atoms with Crippen LogP contribution in [0.2, 0.25) is 0 Å². The predicted molar refractivity (Wildman–Crippen MR) is 86.2 cm³/mol. The third kappa shape index (κ3) is 7.02. The molecule has 0 aliphatic heterocycles. The van der Waals surface area contributed by atoms with Crippen molar-refractivity contribution in [2.75, 3.05) is 46.1 Å². The van der Waals surface area contributed by atoms with E-state index in [1.807, 2.05) is 13.8 Å². The minimum Gasteiger partial charge on any atom is -0.380 e. The van der Waals surface area contributed by atoms with Crippen LogP contribution in [0.25, 0.3) is 0 Å². The molecule has 0 saturated carbocycles. The van der Waals surface area contributed by atoms with Crippen LogP contribution in [0.3, 0.4) is 0 Å². The van der Waals surface area contributed by atoms with E-state index in [0.29, 0.717) is 6.54 Å². The first-order valence-corrected chi connectivity index (χ1v) is 8.31. The fourth-order valence-corrected chi connectivity index (χ4v) is 2.66. The molecule has 0 fully saturated rings. The van der Waals surface area contributed by atoms with Crippen molar-refractivity contribution in [2.24, 2.45) is 5.73 Å². The lowest BCUT2D eigenvalue weighted by atomic mass is 9.87. The SMILES string of the molecule is CCCCC(CC)(CN)N(CCOCC)CCOCC. The first-order chi connectivity index (χ1) is 9.70. The molecular formula is C16H36N2O2.